The number of ether oxygens (including phenoxy) is 1. The van der Waals surface area contributed by atoms with Crippen molar-refractivity contribution in [3.8, 4) is 22.8 Å². The topological polar surface area (TPSA) is 25.0 Å². The summed E-state index contributed by atoms with van der Waals surface area (Å²) in [5.41, 5.74) is 3.30. The molecule has 0 saturated heterocycles. The van der Waals surface area contributed by atoms with Gasteiger partial charge in [0, 0.05) is 21.6 Å². The van der Waals surface area contributed by atoms with E-state index in [1.54, 1.807) is 11.8 Å². The van der Waals surface area contributed by atoms with Gasteiger partial charge in [-0.3, -0.25) is 0 Å². The minimum absolute atomic E-state index is 0.743. The molecule has 5 rings (SSSR count). The van der Waals surface area contributed by atoms with Crippen molar-refractivity contribution >= 4 is 34.3 Å². The predicted molar refractivity (Wildman–Crippen MR) is 99.4 cm³/mol. The number of rotatable bonds is 1. The molecule has 1 aliphatic rings. The molecule has 4 heteroatoms. The monoisotopic (exact) mass is 349 g/mol. The molecule has 116 valence electrons. The van der Waals surface area contributed by atoms with Gasteiger partial charge in [-0.25, -0.2) is 0 Å². The molecule has 0 atom stereocenters. The van der Waals surface area contributed by atoms with Gasteiger partial charge in [0.1, 0.15) is 11.5 Å². The number of nitrogens with one attached hydrogen (secondary N) is 1. The number of aromatic nitrogens is 1. The first-order valence-electron chi connectivity index (χ1n) is 7.64. The number of aromatic amines is 1. The van der Waals surface area contributed by atoms with E-state index in [-0.39, 0.29) is 0 Å². The molecule has 0 aliphatic carbocycles. The highest BCUT2D eigenvalue weighted by atomic mass is 35.5. The highest BCUT2D eigenvalue weighted by Gasteiger charge is 2.18. The third kappa shape index (κ3) is 2.29. The lowest BCUT2D eigenvalue weighted by molar-refractivity contribution is 0.455. The molecule has 0 amide bonds. The summed E-state index contributed by atoms with van der Waals surface area (Å²) >= 11 is 7.72. The van der Waals surface area contributed by atoms with Gasteiger partial charge in [-0.05, 0) is 48.0 Å². The average molecular weight is 350 g/mol. The minimum Gasteiger partial charge on any atom is -0.455 e. The molecular formula is C20H12ClNOS. The molecular weight excluding hydrogens is 338 g/mol. The molecule has 1 aromatic heterocycles. The quantitative estimate of drug-likeness (QED) is 0.362. The van der Waals surface area contributed by atoms with Crippen LogP contribution in [0.5, 0.6) is 11.5 Å². The molecule has 0 unspecified atom stereocenters. The van der Waals surface area contributed by atoms with E-state index in [0.717, 1.165) is 48.5 Å². The maximum Gasteiger partial charge on any atom is 0.142 e. The second kappa shape index (κ2) is 5.33. The number of hydrogen-bond donors (Lipinski definition) is 1. The normalized spacial score (nSPS) is 12.5. The third-order valence-electron chi connectivity index (χ3n) is 4.13. The van der Waals surface area contributed by atoms with Crippen LogP contribution in [0.4, 0.5) is 0 Å². The Morgan fingerprint density at radius 2 is 1.67 bits per heavy atom. The lowest BCUT2D eigenvalue weighted by Gasteiger charge is -2.19. The summed E-state index contributed by atoms with van der Waals surface area (Å²) in [6.07, 6.45) is 0. The standard InChI is InChI=1S/C20H12ClNOS/c21-14-7-5-12(6-8-14)15-9-13-10-18-20(11-16(13)22-15)24-19-4-2-1-3-17(19)23-18/h1-11,22H. The summed E-state index contributed by atoms with van der Waals surface area (Å²) in [6, 6.07) is 22.4. The molecule has 1 N–H and O–H groups in total. The summed E-state index contributed by atoms with van der Waals surface area (Å²) in [7, 11) is 0. The van der Waals surface area contributed by atoms with Gasteiger partial charge in [0.25, 0.3) is 0 Å². The molecule has 4 aromatic rings. The Hall–Kier alpha value is -2.36. The van der Waals surface area contributed by atoms with E-state index in [0.29, 0.717) is 0 Å². The fourth-order valence-corrected chi connectivity index (χ4v) is 4.04. The zero-order valence-corrected chi connectivity index (χ0v) is 14.1. The minimum atomic E-state index is 0.743. The van der Waals surface area contributed by atoms with Crippen molar-refractivity contribution < 1.29 is 4.74 Å². The third-order valence-corrected chi connectivity index (χ3v) is 5.48. The molecule has 3 aromatic carbocycles. The molecule has 0 fully saturated rings. The molecule has 1 aliphatic heterocycles. The van der Waals surface area contributed by atoms with Gasteiger partial charge in [0.15, 0.2) is 0 Å². The Kier molecular flexibility index (Phi) is 3.12. The lowest BCUT2D eigenvalue weighted by atomic mass is 10.1. The Balaban J connectivity index is 1.61. The zero-order valence-electron chi connectivity index (χ0n) is 12.5. The van der Waals surface area contributed by atoms with Crippen LogP contribution in [0.1, 0.15) is 0 Å². The molecule has 0 radical (unpaired) electrons. The zero-order chi connectivity index (χ0) is 16.1. The van der Waals surface area contributed by atoms with Crippen molar-refractivity contribution in [1.82, 2.24) is 4.98 Å². The van der Waals surface area contributed by atoms with Crippen LogP contribution >= 0.6 is 23.4 Å². The maximum absolute atomic E-state index is 6.06. The van der Waals surface area contributed by atoms with Crippen molar-refractivity contribution in [3.05, 3.63) is 71.8 Å². The van der Waals surface area contributed by atoms with E-state index >= 15 is 0 Å². The van der Waals surface area contributed by atoms with Crippen molar-refractivity contribution in [1.29, 1.82) is 0 Å². The maximum atomic E-state index is 6.06. The van der Waals surface area contributed by atoms with Gasteiger partial charge < -0.3 is 9.72 Å². The van der Waals surface area contributed by atoms with Crippen LogP contribution in [0.2, 0.25) is 5.02 Å². The van der Waals surface area contributed by atoms with Crippen molar-refractivity contribution in [3.63, 3.8) is 0 Å². The number of H-pyrrole nitrogens is 1. The van der Waals surface area contributed by atoms with Crippen LogP contribution in [0, 0.1) is 0 Å². The van der Waals surface area contributed by atoms with Crippen molar-refractivity contribution in [2.24, 2.45) is 0 Å². The van der Waals surface area contributed by atoms with Crippen LogP contribution in [0.15, 0.2) is 76.5 Å². The van der Waals surface area contributed by atoms with E-state index in [9.17, 15) is 0 Å². The van der Waals surface area contributed by atoms with E-state index in [1.165, 1.54) is 0 Å². The second-order valence-electron chi connectivity index (χ2n) is 5.73. The van der Waals surface area contributed by atoms with Gasteiger partial charge in [0.05, 0.1) is 9.79 Å². The molecule has 2 nitrogen and oxygen atoms in total. The van der Waals surface area contributed by atoms with E-state index in [1.807, 2.05) is 42.5 Å². The van der Waals surface area contributed by atoms with Gasteiger partial charge in [-0.2, -0.15) is 0 Å². The van der Waals surface area contributed by atoms with Crippen LogP contribution in [0.3, 0.4) is 0 Å². The Bertz CT molecular complexity index is 1010. The van der Waals surface area contributed by atoms with Crippen LogP contribution in [-0.4, -0.2) is 4.98 Å². The lowest BCUT2D eigenvalue weighted by Crippen LogP contribution is -1.94. The van der Waals surface area contributed by atoms with Gasteiger partial charge in [0.2, 0.25) is 0 Å². The molecule has 0 saturated carbocycles. The van der Waals surface area contributed by atoms with Gasteiger partial charge >= 0.3 is 0 Å². The summed E-state index contributed by atoms with van der Waals surface area (Å²) in [5, 5.41) is 1.88. The summed E-state index contributed by atoms with van der Waals surface area (Å²) < 4.78 is 6.06. The Morgan fingerprint density at radius 3 is 2.54 bits per heavy atom. The Labute approximate surface area is 148 Å². The molecule has 0 bridgehead atoms. The molecule has 24 heavy (non-hydrogen) atoms. The first-order valence-corrected chi connectivity index (χ1v) is 8.83. The summed E-state index contributed by atoms with van der Waals surface area (Å²) in [5.74, 6) is 1.83. The van der Waals surface area contributed by atoms with Gasteiger partial charge in [-0.15, -0.1) is 0 Å². The summed E-state index contributed by atoms with van der Waals surface area (Å²) in [6.45, 7) is 0. The smallest absolute Gasteiger partial charge is 0.142 e. The largest absolute Gasteiger partial charge is 0.455 e. The van der Waals surface area contributed by atoms with E-state index in [2.05, 4.69) is 29.2 Å². The van der Waals surface area contributed by atoms with Crippen molar-refractivity contribution in [2.75, 3.05) is 0 Å². The fraction of sp³-hybridized carbons (Fsp3) is 0. The molecule has 2 heterocycles. The number of hydrogen-bond acceptors (Lipinski definition) is 2. The molecule has 0 spiro atoms. The summed E-state index contributed by atoms with van der Waals surface area (Å²) in [4.78, 5) is 5.77. The Morgan fingerprint density at radius 1 is 0.833 bits per heavy atom. The van der Waals surface area contributed by atoms with Crippen LogP contribution in [0.25, 0.3) is 22.2 Å². The predicted octanol–water partition coefficient (Wildman–Crippen LogP) is 6.75. The highest BCUT2D eigenvalue weighted by Crippen LogP contribution is 2.48. The highest BCUT2D eigenvalue weighted by molar-refractivity contribution is 7.99. The number of halogens is 1. The first kappa shape index (κ1) is 14.0. The van der Waals surface area contributed by atoms with Crippen LogP contribution in [-0.2, 0) is 0 Å². The van der Waals surface area contributed by atoms with E-state index < -0.39 is 0 Å². The average Bonchev–Trinajstić information content (AvgIpc) is 3.01. The number of benzene rings is 3. The number of para-hydroxylation sites is 1. The second-order valence-corrected chi connectivity index (χ2v) is 7.25. The van der Waals surface area contributed by atoms with Gasteiger partial charge in [-0.1, -0.05) is 47.6 Å². The first-order chi connectivity index (χ1) is 11.8. The van der Waals surface area contributed by atoms with E-state index in [4.69, 9.17) is 16.3 Å². The van der Waals surface area contributed by atoms with Crippen LogP contribution < -0.4 is 4.74 Å². The van der Waals surface area contributed by atoms with Crippen molar-refractivity contribution in [2.45, 2.75) is 9.79 Å². The SMILES string of the molecule is Clc1ccc(-c2cc3cc4c(cc3[nH]2)Sc2ccccc2O4)cc1. The number of fused-ring (bicyclic) bond motifs is 3. The fourth-order valence-electron chi connectivity index (χ4n) is 2.94.